The van der Waals surface area contributed by atoms with E-state index in [2.05, 4.69) is 16.0 Å². The standard InChI is InChI=1S/C39H66N4O7/c1-12-25(6)35(42-39(48)29(23(2)3)21-31(44)34(40-9)24(4)5)32(49-10)22-33(45)43-20-16-19-30(43)37(50-11)26(7)38(47)41-27(8)36(46)28-17-14-13-15-18-28/h13-15,17-18,23-27,29-30,32,34-37,40,46H,12,16,19-22H2,1-11H3,(H,41,47)(H,42,48)/t25?,26-,27-,29-,30+,32-,34-,35-,36-,37-/m1/s1. The van der Waals surface area contributed by atoms with Gasteiger partial charge in [0.1, 0.15) is 0 Å². The number of nitrogens with one attached hydrogen (secondary N) is 3. The number of hydrogen-bond acceptors (Lipinski definition) is 8. The van der Waals surface area contributed by atoms with Crippen LogP contribution in [-0.4, -0.2) is 97.7 Å². The van der Waals surface area contributed by atoms with Gasteiger partial charge in [-0.2, -0.15) is 0 Å². The van der Waals surface area contributed by atoms with E-state index in [-0.39, 0.29) is 66.2 Å². The number of ether oxygens (including phenoxy) is 2. The third-order valence-electron chi connectivity index (χ3n) is 10.7. The molecular weight excluding hydrogens is 636 g/mol. The molecule has 11 heteroatoms. The van der Waals surface area contributed by atoms with E-state index in [0.29, 0.717) is 18.5 Å². The van der Waals surface area contributed by atoms with E-state index >= 15 is 0 Å². The van der Waals surface area contributed by atoms with Gasteiger partial charge in [0.25, 0.3) is 0 Å². The predicted octanol–water partition coefficient (Wildman–Crippen LogP) is 4.28. The molecule has 1 fully saturated rings. The summed E-state index contributed by atoms with van der Waals surface area (Å²) in [5, 5.41) is 20.0. The molecule has 10 atom stereocenters. The molecule has 0 aromatic heterocycles. The van der Waals surface area contributed by atoms with Crippen molar-refractivity contribution < 1.29 is 33.8 Å². The molecule has 0 saturated carbocycles. The normalized spacial score (nSPS) is 20.4. The summed E-state index contributed by atoms with van der Waals surface area (Å²) in [5.41, 5.74) is 0.713. The molecule has 0 bridgehead atoms. The summed E-state index contributed by atoms with van der Waals surface area (Å²) in [4.78, 5) is 56.2. The average Bonchev–Trinajstić information content (AvgIpc) is 3.58. The third-order valence-corrected chi connectivity index (χ3v) is 10.7. The van der Waals surface area contributed by atoms with Gasteiger partial charge in [-0.05, 0) is 50.1 Å². The number of aliphatic hydroxyl groups excluding tert-OH is 1. The number of carbonyl (C=O) groups is 4. The lowest BCUT2D eigenvalue weighted by Gasteiger charge is -2.37. The van der Waals surface area contributed by atoms with Crippen LogP contribution in [0.3, 0.4) is 0 Å². The molecule has 2 rings (SSSR count). The number of benzene rings is 1. The number of carbonyl (C=O) groups excluding carboxylic acids is 4. The van der Waals surface area contributed by atoms with Crippen molar-refractivity contribution in [2.45, 2.75) is 130 Å². The zero-order valence-electron chi connectivity index (χ0n) is 32.4. The molecule has 1 heterocycles. The zero-order chi connectivity index (χ0) is 37.7. The van der Waals surface area contributed by atoms with E-state index in [9.17, 15) is 24.3 Å². The summed E-state index contributed by atoms with van der Waals surface area (Å²) >= 11 is 0. The highest BCUT2D eigenvalue weighted by Crippen LogP contribution is 2.29. The number of rotatable bonds is 21. The van der Waals surface area contributed by atoms with Crippen molar-refractivity contribution in [3.05, 3.63) is 35.9 Å². The minimum atomic E-state index is -0.871. The Morgan fingerprint density at radius 3 is 2.06 bits per heavy atom. The maximum atomic E-state index is 14.0. The second-order valence-electron chi connectivity index (χ2n) is 14.9. The largest absolute Gasteiger partial charge is 0.386 e. The van der Waals surface area contributed by atoms with Crippen molar-refractivity contribution in [1.29, 1.82) is 0 Å². The quantitative estimate of drug-likeness (QED) is 0.149. The first-order valence-corrected chi connectivity index (χ1v) is 18.5. The van der Waals surface area contributed by atoms with Gasteiger partial charge in [0.15, 0.2) is 5.78 Å². The molecule has 0 spiro atoms. The number of ketones is 1. The second-order valence-corrected chi connectivity index (χ2v) is 14.9. The number of amides is 3. The highest BCUT2D eigenvalue weighted by Gasteiger charge is 2.42. The first-order chi connectivity index (χ1) is 23.6. The van der Waals surface area contributed by atoms with Crippen LogP contribution in [0.4, 0.5) is 0 Å². The van der Waals surface area contributed by atoms with Crippen molar-refractivity contribution >= 4 is 23.5 Å². The van der Waals surface area contributed by atoms with E-state index in [1.165, 1.54) is 0 Å². The Kier molecular flexibility index (Phi) is 18.1. The summed E-state index contributed by atoms with van der Waals surface area (Å²) < 4.78 is 11.8. The monoisotopic (exact) mass is 702 g/mol. The first-order valence-electron chi connectivity index (χ1n) is 18.5. The molecule has 1 aromatic rings. The Balaban J connectivity index is 2.19. The van der Waals surface area contributed by atoms with Gasteiger partial charge in [-0.25, -0.2) is 0 Å². The lowest BCUT2D eigenvalue weighted by Crippen LogP contribution is -2.54. The molecule has 0 aliphatic carbocycles. The molecule has 1 aliphatic rings. The number of aliphatic hydroxyl groups is 1. The summed E-state index contributed by atoms with van der Waals surface area (Å²) in [6, 6.07) is 7.54. The van der Waals surface area contributed by atoms with Gasteiger partial charge in [-0.15, -0.1) is 0 Å². The molecule has 1 saturated heterocycles. The highest BCUT2D eigenvalue weighted by molar-refractivity contribution is 5.90. The van der Waals surface area contributed by atoms with E-state index in [1.807, 2.05) is 71.9 Å². The van der Waals surface area contributed by atoms with Gasteiger partial charge < -0.3 is 35.4 Å². The molecule has 4 N–H and O–H groups in total. The van der Waals surface area contributed by atoms with E-state index in [0.717, 1.165) is 12.8 Å². The molecule has 11 nitrogen and oxygen atoms in total. The first kappa shape index (κ1) is 43.3. The van der Waals surface area contributed by atoms with Crippen molar-refractivity contribution in [2.75, 3.05) is 27.8 Å². The SMILES string of the molecule is CCC(C)[C@@H](NC(=O)[C@H](CC(=O)[C@H](NC)C(C)C)C(C)C)[C@@H](CC(=O)N1CCC[C@H]1[C@H](OC)[C@@H](C)C(=O)N[C@H](C)[C@@H](O)c1ccccc1)OC. The van der Waals surface area contributed by atoms with Crippen LogP contribution in [0.25, 0.3) is 0 Å². The summed E-state index contributed by atoms with van der Waals surface area (Å²) in [6.07, 6.45) is 0.331. The molecule has 0 radical (unpaired) electrons. The molecule has 1 unspecified atom stereocenters. The van der Waals surface area contributed by atoms with Crippen LogP contribution in [0.1, 0.15) is 99.2 Å². The average molecular weight is 703 g/mol. The van der Waals surface area contributed by atoms with Crippen molar-refractivity contribution in [2.24, 2.45) is 29.6 Å². The lowest BCUT2D eigenvalue weighted by molar-refractivity contribution is -0.143. The number of likely N-dealkylation sites (N-methyl/N-ethyl adjacent to an activating group) is 1. The Labute approximate surface area is 301 Å². The Morgan fingerprint density at radius 1 is 0.900 bits per heavy atom. The van der Waals surface area contributed by atoms with Crippen molar-refractivity contribution in [3.8, 4) is 0 Å². The summed E-state index contributed by atoms with van der Waals surface area (Å²) in [7, 11) is 4.88. The fourth-order valence-electron chi connectivity index (χ4n) is 7.28. The molecule has 3 amide bonds. The maximum Gasteiger partial charge on any atom is 0.225 e. The predicted molar refractivity (Wildman–Crippen MR) is 196 cm³/mol. The highest BCUT2D eigenvalue weighted by atomic mass is 16.5. The number of hydrogen-bond donors (Lipinski definition) is 4. The molecule has 50 heavy (non-hydrogen) atoms. The Hall–Kier alpha value is -2.86. The zero-order valence-corrected chi connectivity index (χ0v) is 32.4. The number of methoxy groups -OCH3 is 2. The second kappa shape index (κ2) is 20.9. The lowest BCUT2D eigenvalue weighted by atomic mass is 9.84. The number of Topliss-reactive ketones (excluding diaryl/α,β-unsaturated/α-hetero) is 1. The molecular formula is C39H66N4O7. The Bertz CT molecular complexity index is 1210. The van der Waals surface area contributed by atoms with Gasteiger partial charge in [-0.3, -0.25) is 19.2 Å². The fraction of sp³-hybridized carbons (Fsp3) is 0.744. The van der Waals surface area contributed by atoms with Crippen LogP contribution in [0.2, 0.25) is 0 Å². The van der Waals surface area contributed by atoms with Gasteiger partial charge in [0.05, 0.1) is 54.8 Å². The molecule has 284 valence electrons. The maximum absolute atomic E-state index is 14.0. The smallest absolute Gasteiger partial charge is 0.225 e. The van der Waals surface area contributed by atoms with Crippen LogP contribution < -0.4 is 16.0 Å². The van der Waals surface area contributed by atoms with E-state index in [1.54, 1.807) is 40.0 Å². The number of likely N-dealkylation sites (tertiary alicyclic amines) is 1. The molecule has 1 aliphatic heterocycles. The van der Waals surface area contributed by atoms with Gasteiger partial charge in [-0.1, -0.05) is 85.2 Å². The van der Waals surface area contributed by atoms with Gasteiger partial charge in [0.2, 0.25) is 17.7 Å². The minimum Gasteiger partial charge on any atom is -0.386 e. The summed E-state index contributed by atoms with van der Waals surface area (Å²) in [6.45, 7) is 16.0. The Morgan fingerprint density at radius 2 is 1.54 bits per heavy atom. The van der Waals surface area contributed by atoms with Crippen LogP contribution in [0, 0.1) is 29.6 Å². The summed E-state index contributed by atoms with van der Waals surface area (Å²) in [5.74, 6) is -1.68. The van der Waals surface area contributed by atoms with Crippen LogP contribution in [-0.2, 0) is 28.7 Å². The third kappa shape index (κ3) is 11.6. The van der Waals surface area contributed by atoms with Crippen molar-refractivity contribution in [1.82, 2.24) is 20.9 Å². The van der Waals surface area contributed by atoms with Crippen LogP contribution >= 0.6 is 0 Å². The van der Waals surface area contributed by atoms with Gasteiger partial charge in [0, 0.05) is 33.1 Å². The van der Waals surface area contributed by atoms with Gasteiger partial charge >= 0.3 is 0 Å². The van der Waals surface area contributed by atoms with Crippen molar-refractivity contribution in [3.63, 3.8) is 0 Å². The minimum absolute atomic E-state index is 0.000946. The molecule has 1 aromatic carbocycles. The van der Waals surface area contributed by atoms with E-state index in [4.69, 9.17) is 9.47 Å². The van der Waals surface area contributed by atoms with E-state index < -0.39 is 42.2 Å². The van der Waals surface area contributed by atoms with Crippen LogP contribution in [0.5, 0.6) is 0 Å². The number of nitrogens with zero attached hydrogens (tertiary/aromatic N) is 1. The topological polar surface area (TPSA) is 146 Å². The fourth-order valence-corrected chi connectivity index (χ4v) is 7.28. The van der Waals surface area contributed by atoms with Crippen LogP contribution in [0.15, 0.2) is 30.3 Å².